The number of rotatable bonds is 4. The van der Waals surface area contributed by atoms with Crippen LogP contribution in [0.5, 0.6) is 0 Å². The van der Waals surface area contributed by atoms with Crippen molar-refractivity contribution in [3.8, 4) is 0 Å². The van der Waals surface area contributed by atoms with E-state index in [2.05, 4.69) is 10.0 Å². The van der Waals surface area contributed by atoms with Gasteiger partial charge in [0.05, 0.1) is 11.0 Å². The van der Waals surface area contributed by atoms with Crippen molar-refractivity contribution >= 4 is 21.6 Å². The Morgan fingerprint density at radius 3 is 2.95 bits per heavy atom. The largest absolute Gasteiger partial charge is 0.377 e. The van der Waals surface area contributed by atoms with Gasteiger partial charge in [0, 0.05) is 25.3 Å². The molecule has 1 aromatic carbocycles. The van der Waals surface area contributed by atoms with Gasteiger partial charge in [-0.15, -0.1) is 0 Å². The van der Waals surface area contributed by atoms with Crippen LogP contribution in [0.15, 0.2) is 23.1 Å². The highest BCUT2D eigenvalue weighted by Gasteiger charge is 2.22. The number of benzene rings is 1. The van der Waals surface area contributed by atoms with Gasteiger partial charge in [0.1, 0.15) is 0 Å². The molecule has 0 aromatic heterocycles. The van der Waals surface area contributed by atoms with Gasteiger partial charge >= 0.3 is 0 Å². The number of sulfonamides is 1. The standard InChI is InChI=1S/C14H18N2O4S/c17-14-6-3-10-8-12(4-5-13(10)16-14)21(18,19)15-9-11-2-1-7-20-11/h4-5,8,11,15H,1-3,6-7,9H2,(H,16,17). The van der Waals surface area contributed by atoms with Crippen LogP contribution in [0.3, 0.4) is 0 Å². The summed E-state index contributed by atoms with van der Waals surface area (Å²) in [7, 11) is -3.54. The van der Waals surface area contributed by atoms with Gasteiger partial charge in [-0.05, 0) is 43.0 Å². The average Bonchev–Trinajstić information content (AvgIpc) is 2.98. The van der Waals surface area contributed by atoms with Crippen molar-refractivity contribution in [2.45, 2.75) is 36.7 Å². The number of carbonyl (C=O) groups excluding carboxylic acids is 1. The maximum atomic E-state index is 12.3. The normalized spacial score (nSPS) is 21.9. The maximum absolute atomic E-state index is 12.3. The number of hydrogen-bond acceptors (Lipinski definition) is 4. The second-order valence-electron chi connectivity index (χ2n) is 5.35. The first-order chi connectivity index (χ1) is 10.0. The molecule has 1 atom stereocenters. The predicted molar refractivity (Wildman–Crippen MR) is 77.6 cm³/mol. The second kappa shape index (κ2) is 5.75. The molecule has 1 aromatic rings. The number of carbonyl (C=O) groups is 1. The number of amides is 1. The second-order valence-corrected chi connectivity index (χ2v) is 7.12. The topological polar surface area (TPSA) is 84.5 Å². The Morgan fingerprint density at radius 2 is 2.19 bits per heavy atom. The molecule has 7 heteroatoms. The summed E-state index contributed by atoms with van der Waals surface area (Å²) >= 11 is 0. The summed E-state index contributed by atoms with van der Waals surface area (Å²) in [4.78, 5) is 11.5. The highest BCUT2D eigenvalue weighted by molar-refractivity contribution is 7.89. The van der Waals surface area contributed by atoms with Crippen molar-refractivity contribution in [3.63, 3.8) is 0 Å². The van der Waals surface area contributed by atoms with Gasteiger partial charge in [0.25, 0.3) is 0 Å². The van der Waals surface area contributed by atoms with E-state index in [0.29, 0.717) is 31.7 Å². The van der Waals surface area contributed by atoms with Crippen molar-refractivity contribution in [1.82, 2.24) is 4.72 Å². The Bertz CT molecular complexity index is 651. The highest BCUT2D eigenvalue weighted by Crippen LogP contribution is 2.25. The van der Waals surface area contributed by atoms with Gasteiger partial charge < -0.3 is 10.1 Å². The van der Waals surface area contributed by atoms with Gasteiger partial charge in [-0.1, -0.05) is 0 Å². The SMILES string of the molecule is O=C1CCc2cc(S(=O)(=O)NCC3CCCO3)ccc2N1. The number of aryl methyl sites for hydroxylation is 1. The van der Waals surface area contributed by atoms with Crippen molar-refractivity contribution in [3.05, 3.63) is 23.8 Å². The molecule has 1 amide bonds. The average molecular weight is 310 g/mol. The highest BCUT2D eigenvalue weighted by atomic mass is 32.2. The molecule has 6 nitrogen and oxygen atoms in total. The van der Waals surface area contributed by atoms with Gasteiger partial charge in [-0.25, -0.2) is 13.1 Å². The van der Waals surface area contributed by atoms with Gasteiger partial charge in [0.15, 0.2) is 0 Å². The molecule has 0 radical (unpaired) electrons. The number of ether oxygens (including phenoxy) is 1. The lowest BCUT2D eigenvalue weighted by atomic mass is 10.0. The molecule has 0 spiro atoms. The Balaban J connectivity index is 1.74. The maximum Gasteiger partial charge on any atom is 0.240 e. The molecule has 0 bridgehead atoms. The molecule has 21 heavy (non-hydrogen) atoms. The van der Waals surface area contributed by atoms with Gasteiger partial charge in [-0.2, -0.15) is 0 Å². The van der Waals surface area contributed by atoms with Crippen LogP contribution in [0.2, 0.25) is 0 Å². The summed E-state index contributed by atoms with van der Waals surface area (Å²) in [5.41, 5.74) is 1.55. The zero-order chi connectivity index (χ0) is 14.9. The van der Waals surface area contributed by atoms with E-state index in [1.165, 1.54) is 6.07 Å². The summed E-state index contributed by atoms with van der Waals surface area (Å²) in [5.74, 6) is -0.0328. The molecule has 1 unspecified atom stereocenters. The van der Waals surface area contributed by atoms with Crippen LogP contribution in [0.25, 0.3) is 0 Å². The summed E-state index contributed by atoms with van der Waals surface area (Å²) < 4.78 is 32.6. The first kappa shape index (κ1) is 14.5. The van der Waals surface area contributed by atoms with E-state index in [0.717, 1.165) is 18.4 Å². The minimum absolute atomic E-state index is 0.0308. The number of hydrogen-bond donors (Lipinski definition) is 2. The molecule has 114 valence electrons. The first-order valence-electron chi connectivity index (χ1n) is 7.09. The van der Waals surface area contributed by atoms with Crippen molar-refractivity contribution in [2.24, 2.45) is 0 Å². The van der Waals surface area contributed by atoms with Gasteiger partial charge in [0.2, 0.25) is 15.9 Å². The zero-order valence-corrected chi connectivity index (χ0v) is 12.4. The lowest BCUT2D eigenvalue weighted by molar-refractivity contribution is -0.116. The van der Waals surface area contributed by atoms with Gasteiger partial charge in [-0.3, -0.25) is 4.79 Å². The van der Waals surface area contributed by atoms with Crippen LogP contribution < -0.4 is 10.0 Å². The van der Waals surface area contributed by atoms with E-state index in [1.54, 1.807) is 12.1 Å². The van der Waals surface area contributed by atoms with Crippen LogP contribution >= 0.6 is 0 Å². The smallest absolute Gasteiger partial charge is 0.240 e. The molecular formula is C14H18N2O4S. The minimum atomic E-state index is -3.54. The van der Waals surface area contributed by atoms with E-state index in [1.807, 2.05) is 0 Å². The van der Waals surface area contributed by atoms with Crippen LogP contribution in [0.1, 0.15) is 24.8 Å². The van der Waals surface area contributed by atoms with Crippen LogP contribution in [0.4, 0.5) is 5.69 Å². The third-order valence-electron chi connectivity index (χ3n) is 3.81. The lowest BCUT2D eigenvalue weighted by Gasteiger charge is -2.18. The molecule has 2 aliphatic heterocycles. The van der Waals surface area contributed by atoms with E-state index in [-0.39, 0.29) is 16.9 Å². The number of nitrogens with one attached hydrogen (secondary N) is 2. The molecule has 0 aliphatic carbocycles. The van der Waals surface area contributed by atoms with E-state index in [4.69, 9.17) is 4.74 Å². The van der Waals surface area contributed by atoms with Crippen LogP contribution in [-0.4, -0.2) is 33.6 Å². The van der Waals surface area contributed by atoms with Crippen molar-refractivity contribution < 1.29 is 17.9 Å². The minimum Gasteiger partial charge on any atom is -0.377 e. The zero-order valence-electron chi connectivity index (χ0n) is 11.6. The Morgan fingerprint density at radius 1 is 1.33 bits per heavy atom. The molecule has 2 N–H and O–H groups in total. The molecule has 2 aliphatic rings. The van der Waals surface area contributed by atoms with Crippen molar-refractivity contribution in [2.75, 3.05) is 18.5 Å². The Labute approximate surface area is 123 Å². The lowest BCUT2D eigenvalue weighted by Crippen LogP contribution is -2.32. The fourth-order valence-electron chi connectivity index (χ4n) is 2.62. The van der Waals surface area contributed by atoms with Crippen molar-refractivity contribution in [1.29, 1.82) is 0 Å². The summed E-state index contributed by atoms with van der Waals surface area (Å²) in [6, 6.07) is 4.79. The Hall–Kier alpha value is -1.44. The van der Waals surface area contributed by atoms with E-state index < -0.39 is 10.0 Å². The molecule has 0 saturated carbocycles. The van der Waals surface area contributed by atoms with Crippen LogP contribution in [0, 0.1) is 0 Å². The molecule has 1 fully saturated rings. The van der Waals surface area contributed by atoms with E-state index >= 15 is 0 Å². The molecule has 1 saturated heterocycles. The molecular weight excluding hydrogens is 292 g/mol. The summed E-state index contributed by atoms with van der Waals surface area (Å²) in [6.07, 6.45) is 2.79. The fraction of sp³-hybridized carbons (Fsp3) is 0.500. The molecule has 2 heterocycles. The van der Waals surface area contributed by atoms with E-state index in [9.17, 15) is 13.2 Å². The summed E-state index contributed by atoms with van der Waals surface area (Å²) in [5, 5.41) is 2.74. The number of fused-ring (bicyclic) bond motifs is 1. The third kappa shape index (κ3) is 3.25. The quantitative estimate of drug-likeness (QED) is 0.870. The third-order valence-corrected chi connectivity index (χ3v) is 5.23. The van der Waals surface area contributed by atoms with Crippen LogP contribution in [-0.2, 0) is 26.0 Å². The summed E-state index contributed by atoms with van der Waals surface area (Å²) in [6.45, 7) is 1.00. The first-order valence-corrected chi connectivity index (χ1v) is 8.57. The fourth-order valence-corrected chi connectivity index (χ4v) is 3.73. The monoisotopic (exact) mass is 310 g/mol. The Kier molecular flexibility index (Phi) is 3.97. The molecule has 3 rings (SSSR count). The predicted octanol–water partition coefficient (Wildman–Crippen LogP) is 1.03. The number of anilines is 1.